The minimum Gasteiger partial charge on any atom is -0.367 e. The number of fused-ring (bicyclic) bond motifs is 1. The van der Waals surface area contributed by atoms with Gasteiger partial charge in [-0.05, 0) is 44.9 Å². The zero-order valence-corrected chi connectivity index (χ0v) is 20.5. The van der Waals surface area contributed by atoms with Crippen LogP contribution >= 0.6 is 0 Å². The summed E-state index contributed by atoms with van der Waals surface area (Å²) in [4.78, 5) is 30.8. The van der Waals surface area contributed by atoms with Crippen molar-refractivity contribution in [2.75, 3.05) is 49.1 Å². The number of hydrogen-bond donors (Lipinski definition) is 1. The van der Waals surface area contributed by atoms with Gasteiger partial charge in [-0.15, -0.1) is 0 Å². The van der Waals surface area contributed by atoms with Crippen molar-refractivity contribution < 1.29 is 17.6 Å². The van der Waals surface area contributed by atoms with E-state index in [0.29, 0.717) is 30.7 Å². The molecule has 1 aromatic heterocycles. The molecule has 184 valence electrons. The van der Waals surface area contributed by atoms with Gasteiger partial charge >= 0.3 is 0 Å². The standard InChI is InChI=1S/C24H31FN4O4S/c1-3-27-7-9-28(10-8-27)21-13-20-17(12-19(21)25)22(30)18(14-29(20)16-4-5-16)23(31)26-24(2)6-11-34(32,33)15-24/h12-14,16H,3-11,15H2,1-2H3,(H,26,31)/t24-/m0/s1. The van der Waals surface area contributed by atoms with Crippen LogP contribution in [0.3, 0.4) is 0 Å². The van der Waals surface area contributed by atoms with Crippen LogP contribution in [0, 0.1) is 5.82 Å². The predicted octanol–water partition coefficient (Wildman–Crippen LogP) is 1.92. The number of aromatic nitrogens is 1. The fourth-order valence-corrected chi connectivity index (χ4v) is 7.27. The molecule has 10 heteroatoms. The van der Waals surface area contributed by atoms with E-state index in [9.17, 15) is 18.0 Å². The highest BCUT2D eigenvalue weighted by Gasteiger charge is 2.40. The van der Waals surface area contributed by atoms with Crippen LogP contribution in [0.2, 0.25) is 0 Å². The molecule has 2 saturated heterocycles. The number of nitrogens with one attached hydrogen (secondary N) is 1. The Morgan fingerprint density at radius 3 is 2.50 bits per heavy atom. The van der Waals surface area contributed by atoms with E-state index >= 15 is 4.39 Å². The van der Waals surface area contributed by atoms with Crippen molar-refractivity contribution in [1.82, 2.24) is 14.8 Å². The van der Waals surface area contributed by atoms with Crippen LogP contribution in [-0.2, 0) is 9.84 Å². The highest BCUT2D eigenvalue weighted by Crippen LogP contribution is 2.38. The van der Waals surface area contributed by atoms with Crippen molar-refractivity contribution in [3.8, 4) is 0 Å². The van der Waals surface area contributed by atoms with Crippen molar-refractivity contribution >= 4 is 32.3 Å². The van der Waals surface area contributed by atoms with Crippen LogP contribution in [0.4, 0.5) is 10.1 Å². The molecule has 0 spiro atoms. The quantitative estimate of drug-likeness (QED) is 0.689. The summed E-state index contributed by atoms with van der Waals surface area (Å²) in [6, 6.07) is 3.17. The average molecular weight is 491 g/mol. The number of amides is 1. The first kappa shape index (κ1) is 23.3. The second-order valence-electron chi connectivity index (χ2n) is 10.1. The minimum atomic E-state index is -3.22. The maximum absolute atomic E-state index is 15.2. The summed E-state index contributed by atoms with van der Waals surface area (Å²) in [5.74, 6) is -1.22. The summed E-state index contributed by atoms with van der Waals surface area (Å²) in [7, 11) is -3.22. The smallest absolute Gasteiger partial charge is 0.257 e. The third-order valence-corrected chi connectivity index (χ3v) is 9.27. The molecule has 34 heavy (non-hydrogen) atoms. The lowest BCUT2D eigenvalue weighted by Gasteiger charge is -2.35. The Hall–Kier alpha value is -2.46. The molecule has 0 unspecified atom stereocenters. The normalized spacial score (nSPS) is 25.1. The van der Waals surface area contributed by atoms with Gasteiger partial charge in [-0.3, -0.25) is 9.59 Å². The molecule has 5 rings (SSSR count). The van der Waals surface area contributed by atoms with Crippen LogP contribution in [0.5, 0.6) is 0 Å². The van der Waals surface area contributed by atoms with Gasteiger partial charge in [0.25, 0.3) is 5.91 Å². The fourth-order valence-electron chi connectivity index (χ4n) is 5.17. The molecule has 1 atom stereocenters. The molecule has 3 aliphatic rings. The summed E-state index contributed by atoms with van der Waals surface area (Å²) in [5, 5.41) is 2.95. The third-order valence-electron chi connectivity index (χ3n) is 7.36. The molecule has 0 bridgehead atoms. The number of hydrogen-bond acceptors (Lipinski definition) is 6. The van der Waals surface area contributed by atoms with Gasteiger partial charge in [0.05, 0.1) is 28.2 Å². The summed E-state index contributed by atoms with van der Waals surface area (Å²) in [6.45, 7) is 7.90. The first-order valence-corrected chi connectivity index (χ1v) is 13.8. The molecule has 2 aromatic rings. The molecular weight excluding hydrogens is 459 g/mol. The largest absolute Gasteiger partial charge is 0.367 e. The Morgan fingerprint density at radius 2 is 1.91 bits per heavy atom. The van der Waals surface area contributed by atoms with Crippen molar-refractivity contribution in [3.63, 3.8) is 0 Å². The molecule has 1 aliphatic carbocycles. The minimum absolute atomic E-state index is 0.00824. The second kappa shape index (κ2) is 8.34. The van der Waals surface area contributed by atoms with Crippen LogP contribution in [-0.4, -0.2) is 73.6 Å². The topological polar surface area (TPSA) is 91.7 Å². The summed E-state index contributed by atoms with van der Waals surface area (Å²) in [6.07, 6.45) is 3.73. The summed E-state index contributed by atoms with van der Waals surface area (Å²) >= 11 is 0. The number of rotatable bonds is 5. The molecule has 3 fully saturated rings. The van der Waals surface area contributed by atoms with E-state index in [1.807, 2.05) is 9.47 Å². The van der Waals surface area contributed by atoms with E-state index in [0.717, 1.165) is 32.5 Å². The zero-order chi connectivity index (χ0) is 24.3. The van der Waals surface area contributed by atoms with E-state index in [1.54, 1.807) is 19.2 Å². The Kier molecular flexibility index (Phi) is 5.71. The number of carbonyl (C=O) groups excluding carboxylic acids is 1. The molecule has 3 heterocycles. The number of halogens is 1. The Bertz CT molecular complexity index is 1310. The number of nitrogens with zero attached hydrogens (tertiary/aromatic N) is 3. The van der Waals surface area contributed by atoms with Crippen LogP contribution in [0.15, 0.2) is 23.1 Å². The number of pyridine rings is 1. The van der Waals surface area contributed by atoms with Crippen molar-refractivity contribution in [2.45, 2.75) is 44.7 Å². The second-order valence-corrected chi connectivity index (χ2v) is 12.3. The van der Waals surface area contributed by atoms with Gasteiger partial charge in [-0.25, -0.2) is 12.8 Å². The lowest BCUT2D eigenvalue weighted by Crippen LogP contribution is -2.48. The number of carbonyl (C=O) groups is 1. The Labute approximate surface area is 198 Å². The van der Waals surface area contributed by atoms with Gasteiger partial charge in [-0.1, -0.05) is 6.92 Å². The molecule has 8 nitrogen and oxygen atoms in total. The van der Waals surface area contributed by atoms with Gasteiger partial charge < -0.3 is 19.7 Å². The van der Waals surface area contributed by atoms with Crippen molar-refractivity contribution in [1.29, 1.82) is 0 Å². The average Bonchev–Trinajstić information content (AvgIpc) is 3.59. The van der Waals surface area contributed by atoms with Crippen molar-refractivity contribution in [3.05, 3.63) is 39.9 Å². The lowest BCUT2D eigenvalue weighted by molar-refractivity contribution is 0.0913. The molecule has 0 radical (unpaired) electrons. The molecule has 2 aliphatic heterocycles. The number of sulfone groups is 1. The zero-order valence-electron chi connectivity index (χ0n) is 19.6. The Morgan fingerprint density at radius 1 is 1.21 bits per heavy atom. The van der Waals surface area contributed by atoms with E-state index in [-0.39, 0.29) is 28.5 Å². The number of anilines is 1. The van der Waals surface area contributed by atoms with Gasteiger partial charge in [0.1, 0.15) is 11.4 Å². The Balaban J connectivity index is 1.52. The van der Waals surface area contributed by atoms with Crippen LogP contribution in [0.25, 0.3) is 10.9 Å². The molecule has 1 N–H and O–H groups in total. The number of piperazine rings is 1. The van der Waals surface area contributed by atoms with E-state index in [1.165, 1.54) is 6.07 Å². The fraction of sp³-hybridized carbons (Fsp3) is 0.583. The van der Waals surface area contributed by atoms with E-state index in [2.05, 4.69) is 17.1 Å². The monoisotopic (exact) mass is 490 g/mol. The maximum Gasteiger partial charge on any atom is 0.257 e. The van der Waals surface area contributed by atoms with Gasteiger partial charge in [-0.2, -0.15) is 0 Å². The molecular formula is C24H31FN4O4S. The number of likely N-dealkylation sites (N-methyl/N-ethyl adjacent to an activating group) is 1. The van der Waals surface area contributed by atoms with Crippen LogP contribution < -0.4 is 15.6 Å². The first-order valence-electron chi connectivity index (χ1n) is 12.0. The van der Waals surface area contributed by atoms with Gasteiger partial charge in [0.15, 0.2) is 9.84 Å². The molecule has 1 amide bonds. The van der Waals surface area contributed by atoms with Crippen molar-refractivity contribution in [2.24, 2.45) is 0 Å². The highest BCUT2D eigenvalue weighted by molar-refractivity contribution is 7.91. The van der Waals surface area contributed by atoms with Gasteiger partial charge in [0, 0.05) is 43.8 Å². The van der Waals surface area contributed by atoms with Gasteiger partial charge in [0.2, 0.25) is 5.43 Å². The van der Waals surface area contributed by atoms with E-state index in [4.69, 9.17) is 0 Å². The highest BCUT2D eigenvalue weighted by atomic mass is 32.2. The summed E-state index contributed by atoms with van der Waals surface area (Å²) < 4.78 is 41.0. The first-order chi connectivity index (χ1) is 16.1. The van der Waals surface area contributed by atoms with Crippen LogP contribution in [0.1, 0.15) is 49.5 Å². The predicted molar refractivity (Wildman–Crippen MR) is 130 cm³/mol. The number of benzene rings is 1. The molecule has 1 aromatic carbocycles. The SMILES string of the molecule is CCN1CCN(c2cc3c(cc2F)c(=O)c(C(=O)N[C@@]2(C)CCS(=O)(=O)C2)cn3C2CC2)CC1. The molecule has 1 saturated carbocycles. The summed E-state index contributed by atoms with van der Waals surface area (Å²) in [5.41, 5.74) is -0.410. The lowest BCUT2D eigenvalue weighted by atomic mass is 10.0. The maximum atomic E-state index is 15.2. The third kappa shape index (κ3) is 4.33. The van der Waals surface area contributed by atoms with E-state index < -0.39 is 32.5 Å².